The minimum atomic E-state index is -0.333. The summed E-state index contributed by atoms with van der Waals surface area (Å²) in [6.07, 6.45) is 0. The first-order valence-electron chi connectivity index (χ1n) is 7.49. The number of hydrogen-bond acceptors (Lipinski definition) is 4. The second-order valence-corrected chi connectivity index (χ2v) is 5.83. The number of nitrogens with one attached hydrogen (secondary N) is 2. The van der Waals surface area contributed by atoms with Crippen molar-refractivity contribution >= 4 is 34.8 Å². The van der Waals surface area contributed by atoms with Gasteiger partial charge in [-0.25, -0.2) is 0 Å². The highest BCUT2D eigenvalue weighted by Crippen LogP contribution is 2.13. The van der Waals surface area contributed by atoms with Gasteiger partial charge in [-0.1, -0.05) is 6.07 Å². The molecule has 0 saturated carbocycles. The molecule has 2 amide bonds. The van der Waals surface area contributed by atoms with Crippen molar-refractivity contribution in [3.8, 4) is 5.75 Å². The Kier molecular flexibility index (Phi) is 6.08. The Balaban J connectivity index is 2.01. The molecule has 6 nitrogen and oxygen atoms in total. The second kappa shape index (κ2) is 8.25. The maximum atomic E-state index is 12.2. The van der Waals surface area contributed by atoms with Crippen LogP contribution in [0.5, 0.6) is 5.75 Å². The van der Waals surface area contributed by atoms with Crippen LogP contribution in [0.25, 0.3) is 0 Å². The Morgan fingerprint density at radius 2 is 1.72 bits per heavy atom. The van der Waals surface area contributed by atoms with Gasteiger partial charge in [0.2, 0.25) is 0 Å². The van der Waals surface area contributed by atoms with Crippen molar-refractivity contribution in [3.63, 3.8) is 0 Å². The lowest BCUT2D eigenvalue weighted by Gasteiger charge is -2.13. The molecule has 2 aromatic rings. The topological polar surface area (TPSA) is 70.7 Å². The molecule has 0 bridgehead atoms. The Labute approximate surface area is 151 Å². The first-order valence-corrected chi connectivity index (χ1v) is 7.89. The van der Waals surface area contributed by atoms with Crippen molar-refractivity contribution in [2.45, 2.75) is 0 Å². The zero-order valence-electron chi connectivity index (χ0n) is 14.2. The fraction of sp³-hybridized carbons (Fsp3) is 0.167. The highest BCUT2D eigenvalue weighted by molar-refractivity contribution is 7.80. The van der Waals surface area contributed by atoms with Gasteiger partial charge in [-0.2, -0.15) is 0 Å². The van der Waals surface area contributed by atoms with Crippen molar-refractivity contribution in [2.24, 2.45) is 0 Å². The summed E-state index contributed by atoms with van der Waals surface area (Å²) in [6.45, 7) is 0. The number of anilines is 1. The van der Waals surface area contributed by atoms with Gasteiger partial charge in [-0.3, -0.25) is 14.9 Å². The molecular formula is C18H19N3O3S. The number of amides is 2. The van der Waals surface area contributed by atoms with E-state index >= 15 is 0 Å². The summed E-state index contributed by atoms with van der Waals surface area (Å²) < 4.78 is 5.06. The molecule has 0 spiro atoms. The first kappa shape index (κ1) is 18.4. The van der Waals surface area contributed by atoms with Gasteiger partial charge in [0.25, 0.3) is 11.8 Å². The summed E-state index contributed by atoms with van der Waals surface area (Å²) in [5, 5.41) is 5.65. The lowest BCUT2D eigenvalue weighted by molar-refractivity contribution is 0.0827. The van der Waals surface area contributed by atoms with Gasteiger partial charge in [0.1, 0.15) is 5.75 Å². The normalized spacial score (nSPS) is 9.88. The van der Waals surface area contributed by atoms with Crippen LogP contribution in [0, 0.1) is 0 Å². The predicted molar refractivity (Wildman–Crippen MR) is 101 cm³/mol. The quantitative estimate of drug-likeness (QED) is 0.823. The van der Waals surface area contributed by atoms with E-state index in [1.807, 2.05) is 0 Å². The monoisotopic (exact) mass is 357 g/mol. The summed E-state index contributed by atoms with van der Waals surface area (Å²) in [5.74, 6) is 0.220. The number of benzene rings is 2. The average Bonchev–Trinajstić information content (AvgIpc) is 2.61. The van der Waals surface area contributed by atoms with Crippen molar-refractivity contribution in [1.29, 1.82) is 0 Å². The molecule has 7 heteroatoms. The standard InChI is InChI=1S/C18H19N3O3S/c1-21(2)17(23)13-5-4-6-14(11-13)19-18(25)20-16(22)12-7-9-15(24-3)10-8-12/h4-11H,1-3H3,(H2,19,20,22,25). The number of rotatable bonds is 4. The Hall–Kier alpha value is -2.93. The molecule has 0 aliphatic carbocycles. The summed E-state index contributed by atoms with van der Waals surface area (Å²) in [7, 11) is 4.92. The van der Waals surface area contributed by atoms with Crippen molar-refractivity contribution in [3.05, 3.63) is 59.7 Å². The van der Waals surface area contributed by atoms with Gasteiger partial charge in [0, 0.05) is 30.9 Å². The zero-order chi connectivity index (χ0) is 18.4. The maximum absolute atomic E-state index is 12.2. The number of carbonyl (C=O) groups excluding carboxylic acids is 2. The Bertz CT molecular complexity index is 788. The Morgan fingerprint density at radius 1 is 1.04 bits per heavy atom. The molecule has 130 valence electrons. The fourth-order valence-electron chi connectivity index (χ4n) is 2.07. The predicted octanol–water partition coefficient (Wildman–Crippen LogP) is 2.52. The van der Waals surface area contributed by atoms with Gasteiger partial charge in [-0.15, -0.1) is 0 Å². The molecule has 2 rings (SSSR count). The fourth-order valence-corrected chi connectivity index (χ4v) is 2.28. The minimum Gasteiger partial charge on any atom is -0.497 e. The van der Waals surface area contributed by atoms with Crippen LogP contribution < -0.4 is 15.4 Å². The lowest BCUT2D eigenvalue weighted by Crippen LogP contribution is -2.34. The second-order valence-electron chi connectivity index (χ2n) is 5.42. The van der Waals surface area contributed by atoms with E-state index in [1.54, 1.807) is 69.7 Å². The van der Waals surface area contributed by atoms with Crippen LogP contribution in [0.3, 0.4) is 0 Å². The average molecular weight is 357 g/mol. The molecule has 0 atom stereocenters. The van der Waals surface area contributed by atoms with Crippen LogP contribution in [0.2, 0.25) is 0 Å². The van der Waals surface area contributed by atoms with E-state index in [4.69, 9.17) is 17.0 Å². The molecule has 0 aliphatic heterocycles. The summed E-state index contributed by atoms with van der Waals surface area (Å²) in [4.78, 5) is 25.6. The van der Waals surface area contributed by atoms with E-state index in [1.165, 1.54) is 4.90 Å². The SMILES string of the molecule is COc1ccc(C(=O)NC(=S)Nc2cccc(C(=O)N(C)C)c2)cc1. The Morgan fingerprint density at radius 3 is 2.32 bits per heavy atom. The molecular weight excluding hydrogens is 338 g/mol. The smallest absolute Gasteiger partial charge is 0.257 e. The van der Waals surface area contributed by atoms with E-state index in [-0.39, 0.29) is 16.9 Å². The number of hydrogen-bond donors (Lipinski definition) is 2. The van der Waals surface area contributed by atoms with Crippen molar-refractivity contribution in [2.75, 3.05) is 26.5 Å². The van der Waals surface area contributed by atoms with E-state index in [0.717, 1.165) is 0 Å². The number of ether oxygens (including phenoxy) is 1. The summed E-state index contributed by atoms with van der Waals surface area (Å²) in [6, 6.07) is 13.6. The first-order chi connectivity index (χ1) is 11.9. The minimum absolute atomic E-state index is 0.114. The molecule has 0 radical (unpaired) electrons. The van der Waals surface area contributed by atoms with E-state index in [9.17, 15) is 9.59 Å². The van der Waals surface area contributed by atoms with Crippen LogP contribution in [-0.4, -0.2) is 43.0 Å². The number of thiocarbonyl (C=S) groups is 1. The largest absolute Gasteiger partial charge is 0.497 e. The van der Waals surface area contributed by atoms with E-state index in [0.29, 0.717) is 22.6 Å². The number of nitrogens with zero attached hydrogens (tertiary/aromatic N) is 1. The molecule has 0 fully saturated rings. The van der Waals surface area contributed by atoms with Gasteiger partial charge < -0.3 is 15.0 Å². The van der Waals surface area contributed by atoms with E-state index in [2.05, 4.69) is 10.6 Å². The molecule has 0 unspecified atom stereocenters. The number of carbonyl (C=O) groups is 2. The molecule has 25 heavy (non-hydrogen) atoms. The third kappa shape index (κ3) is 5.02. The van der Waals surface area contributed by atoms with Gasteiger partial charge in [0.05, 0.1) is 7.11 Å². The van der Waals surface area contributed by atoms with Crippen LogP contribution in [-0.2, 0) is 0 Å². The van der Waals surface area contributed by atoms with Gasteiger partial charge in [-0.05, 0) is 54.7 Å². The summed E-state index contributed by atoms with van der Waals surface area (Å²) in [5.41, 5.74) is 1.61. The molecule has 0 aliphatic rings. The van der Waals surface area contributed by atoms with Gasteiger partial charge >= 0.3 is 0 Å². The molecule has 0 heterocycles. The highest BCUT2D eigenvalue weighted by atomic mass is 32.1. The van der Waals surface area contributed by atoms with Crippen LogP contribution in [0.4, 0.5) is 5.69 Å². The van der Waals surface area contributed by atoms with Crippen LogP contribution >= 0.6 is 12.2 Å². The van der Waals surface area contributed by atoms with Crippen LogP contribution in [0.1, 0.15) is 20.7 Å². The lowest BCUT2D eigenvalue weighted by atomic mass is 10.2. The highest BCUT2D eigenvalue weighted by Gasteiger charge is 2.11. The zero-order valence-corrected chi connectivity index (χ0v) is 15.0. The maximum Gasteiger partial charge on any atom is 0.257 e. The summed E-state index contributed by atoms with van der Waals surface area (Å²) >= 11 is 5.16. The number of methoxy groups -OCH3 is 1. The molecule has 0 saturated heterocycles. The van der Waals surface area contributed by atoms with E-state index < -0.39 is 0 Å². The molecule has 2 N–H and O–H groups in total. The van der Waals surface area contributed by atoms with Crippen LogP contribution in [0.15, 0.2) is 48.5 Å². The third-order valence-electron chi connectivity index (χ3n) is 3.35. The molecule has 0 aromatic heterocycles. The molecule has 2 aromatic carbocycles. The van der Waals surface area contributed by atoms with Crippen molar-refractivity contribution < 1.29 is 14.3 Å². The van der Waals surface area contributed by atoms with Gasteiger partial charge in [0.15, 0.2) is 5.11 Å². The van der Waals surface area contributed by atoms with Crippen molar-refractivity contribution in [1.82, 2.24) is 10.2 Å². The third-order valence-corrected chi connectivity index (χ3v) is 3.56.